The van der Waals surface area contributed by atoms with Gasteiger partial charge in [0.2, 0.25) is 5.52 Å². The first kappa shape index (κ1) is 61.6. The van der Waals surface area contributed by atoms with Crippen LogP contribution in [-0.4, -0.2) is 118 Å². The van der Waals surface area contributed by atoms with Crippen molar-refractivity contribution in [3.05, 3.63) is 81.6 Å². The molecule has 1 aliphatic heterocycles. The molecule has 3 atom stereocenters. The Kier molecular flexibility index (Phi) is 25.1. The molecule has 2 N–H and O–H groups in total. The Hall–Kier alpha value is -5.63. The fourth-order valence-electron chi connectivity index (χ4n) is 9.50. The number of aromatic nitrogens is 2. The lowest BCUT2D eigenvalue weighted by Crippen LogP contribution is -2.37. The smallest absolute Gasteiger partial charge is 0.306 e. The summed E-state index contributed by atoms with van der Waals surface area (Å²) >= 11 is 0. The minimum atomic E-state index is -4.61. The minimum absolute atomic E-state index is 0.0226. The topological polar surface area (TPSA) is 239 Å². The lowest BCUT2D eigenvalue weighted by Gasteiger charge is -2.34. The largest absolute Gasteiger partial charge is 0.756 e. The highest BCUT2D eigenvalue weighted by Crippen LogP contribution is 2.45. The summed E-state index contributed by atoms with van der Waals surface area (Å²) in [7, 11) is 1.18. The monoisotopic (exact) mass is 1110 g/mol. The number of rotatable bonds is 40. The molecule has 21 heteroatoms. The number of nitrogens with one attached hydrogen (secondary N) is 2. The fraction of sp³-hybridized carbons (Fsp3) is 0.614. The molecule has 430 valence electrons. The van der Waals surface area contributed by atoms with Gasteiger partial charge in [-0.2, -0.15) is 0 Å². The second kappa shape index (κ2) is 31.8. The first-order valence-electron chi connectivity index (χ1n) is 28.3. The van der Waals surface area contributed by atoms with E-state index in [1.54, 1.807) is 12.1 Å². The quantitative estimate of drug-likeness (QED) is 0.0105. The standard InChI is InChI=1S/C57H84N7O13P/c1-6-62(7-2)43-27-30-48-52(38-43)76-53-40-51(65)46-29-28-44(39-47(46)55(53)59-48)72-36-25-21-17-13-9-8-12-16-20-24-35-71-41-45(42-74-78(69,70)73-37-34-64(3,4)5)75-54(66)26-22-18-14-10-11-15-19-23-33-58-49-31-32-50(63(67)68)57-56(49)60-77-61-57/h27-32,38-40,45,55,59H,6-26,33-37,41-42H2,1-5H3,(H-,58,61,69,70). The molecule has 3 unspecified atom stereocenters. The number of phosphoric acid groups is 1. The van der Waals surface area contributed by atoms with Crippen molar-refractivity contribution in [2.24, 2.45) is 0 Å². The first-order chi connectivity index (χ1) is 37.6. The number of carbonyl (C=O) groups excluding carboxylic acids is 2. The van der Waals surface area contributed by atoms with E-state index in [1.165, 1.54) is 25.3 Å². The van der Waals surface area contributed by atoms with Crippen molar-refractivity contribution in [3.63, 3.8) is 0 Å². The molecule has 3 aromatic carbocycles. The second-order valence-corrected chi connectivity index (χ2v) is 22.6. The maximum Gasteiger partial charge on any atom is 0.306 e. The van der Waals surface area contributed by atoms with Gasteiger partial charge in [-0.3, -0.25) is 24.3 Å². The number of hydrogen-bond acceptors (Lipinski definition) is 18. The van der Waals surface area contributed by atoms with E-state index < -0.39 is 24.8 Å². The van der Waals surface area contributed by atoms with Crippen LogP contribution in [0.5, 0.6) is 11.5 Å². The summed E-state index contributed by atoms with van der Waals surface area (Å²) < 4.78 is 52.0. The Balaban J connectivity index is 0.782. The molecule has 1 aliphatic carbocycles. The summed E-state index contributed by atoms with van der Waals surface area (Å²) in [6.45, 7) is 7.90. The number of carbonyl (C=O) groups is 2. The van der Waals surface area contributed by atoms with Gasteiger partial charge in [0.25, 0.3) is 7.82 Å². The number of nitro groups is 1. The number of ketones is 1. The Morgan fingerprint density at radius 1 is 0.808 bits per heavy atom. The number of likely N-dealkylation sites (N-methyl/N-ethyl adjacent to an activating group) is 1. The van der Waals surface area contributed by atoms with Crippen LogP contribution in [0.2, 0.25) is 0 Å². The average Bonchev–Trinajstić information content (AvgIpc) is 4.04. The van der Waals surface area contributed by atoms with Gasteiger partial charge in [0.1, 0.15) is 36.8 Å². The zero-order valence-corrected chi connectivity index (χ0v) is 47.5. The number of hydrogen-bond donors (Lipinski definition) is 2. The maximum absolute atomic E-state index is 13.1. The first-order valence-corrected chi connectivity index (χ1v) is 29.8. The van der Waals surface area contributed by atoms with Gasteiger partial charge in [-0.15, -0.1) is 0 Å². The summed E-state index contributed by atoms with van der Waals surface area (Å²) in [5.41, 5.74) is 4.47. The highest BCUT2D eigenvalue weighted by Gasteiger charge is 2.34. The number of esters is 1. The Morgan fingerprint density at radius 2 is 1.46 bits per heavy atom. The van der Waals surface area contributed by atoms with Crippen LogP contribution in [0.1, 0.15) is 158 Å². The van der Waals surface area contributed by atoms with E-state index in [9.17, 15) is 29.2 Å². The Labute approximate surface area is 460 Å². The van der Waals surface area contributed by atoms with E-state index in [2.05, 4.69) is 45.8 Å². The van der Waals surface area contributed by atoms with Crippen molar-refractivity contribution in [1.29, 1.82) is 0 Å². The SMILES string of the molecule is CCN(CC)c1ccc2c(c1)OC1=CC(=O)c3ccc(OCCCCCCCCCCCCOCC(COP(=O)([O-])OCC[N+](C)(C)C)OC(=O)CCCCCCCCCCNc4ccc([N+](=O)[O-])c5nonc45)cc3C1N2. The number of anilines is 3. The van der Waals surface area contributed by atoms with Gasteiger partial charge >= 0.3 is 11.7 Å². The van der Waals surface area contributed by atoms with Crippen molar-refractivity contribution in [3.8, 4) is 11.5 Å². The number of fused-ring (bicyclic) bond motifs is 5. The van der Waals surface area contributed by atoms with Gasteiger partial charge in [-0.25, -0.2) is 4.63 Å². The zero-order valence-electron chi connectivity index (χ0n) is 46.6. The van der Waals surface area contributed by atoms with E-state index >= 15 is 0 Å². The molecule has 0 radical (unpaired) electrons. The third kappa shape index (κ3) is 20.2. The number of benzene rings is 3. The zero-order chi connectivity index (χ0) is 55.8. The lowest BCUT2D eigenvalue weighted by atomic mass is 9.89. The predicted octanol–water partition coefficient (Wildman–Crippen LogP) is 11.6. The molecule has 0 saturated carbocycles. The van der Waals surface area contributed by atoms with Gasteiger partial charge in [-0.1, -0.05) is 89.9 Å². The molecule has 2 aliphatic rings. The Morgan fingerprint density at radius 3 is 2.14 bits per heavy atom. The van der Waals surface area contributed by atoms with E-state index in [-0.39, 0.29) is 49.3 Å². The highest BCUT2D eigenvalue weighted by atomic mass is 31.2. The van der Waals surface area contributed by atoms with Gasteiger partial charge in [-0.05, 0) is 91.8 Å². The van der Waals surface area contributed by atoms with Gasteiger partial charge < -0.3 is 52.9 Å². The van der Waals surface area contributed by atoms with Crippen LogP contribution >= 0.6 is 7.82 Å². The molecule has 0 saturated heterocycles. The summed E-state index contributed by atoms with van der Waals surface area (Å²) in [5.74, 6) is 1.58. The summed E-state index contributed by atoms with van der Waals surface area (Å²) in [6.07, 6.45) is 19.3. The number of ether oxygens (including phenoxy) is 4. The molecule has 4 aromatic rings. The third-order valence-electron chi connectivity index (χ3n) is 14.0. The van der Waals surface area contributed by atoms with Crippen molar-refractivity contribution in [1.82, 2.24) is 10.3 Å². The summed E-state index contributed by atoms with van der Waals surface area (Å²) in [4.78, 5) is 51.4. The van der Waals surface area contributed by atoms with Crippen LogP contribution in [0.3, 0.4) is 0 Å². The number of nitro benzene ring substituents is 1. The molecule has 6 rings (SSSR count). The molecule has 0 fully saturated rings. The molecule has 0 amide bonds. The molecule has 20 nitrogen and oxygen atoms in total. The molecule has 0 bridgehead atoms. The predicted molar refractivity (Wildman–Crippen MR) is 299 cm³/mol. The van der Waals surface area contributed by atoms with E-state index in [0.29, 0.717) is 59.7 Å². The van der Waals surface area contributed by atoms with E-state index in [4.69, 9.17) is 32.6 Å². The van der Waals surface area contributed by atoms with Crippen molar-refractivity contribution >= 4 is 53.4 Å². The number of nitrogens with zero attached hydrogens (tertiary/aromatic N) is 5. The van der Waals surface area contributed by atoms with Crippen LogP contribution in [-0.2, 0) is 27.9 Å². The number of unbranched alkanes of at least 4 members (excludes halogenated alkanes) is 16. The van der Waals surface area contributed by atoms with Crippen LogP contribution in [0.15, 0.2) is 65.0 Å². The fourth-order valence-corrected chi connectivity index (χ4v) is 10.2. The van der Waals surface area contributed by atoms with Crippen molar-refractivity contribution in [2.45, 2.75) is 148 Å². The minimum Gasteiger partial charge on any atom is -0.756 e. The number of non-ortho nitro benzene ring substituents is 1. The van der Waals surface area contributed by atoms with Crippen molar-refractivity contribution < 1.29 is 61.1 Å². The van der Waals surface area contributed by atoms with Crippen molar-refractivity contribution in [2.75, 3.05) is 95.9 Å². The number of allylic oxidation sites excluding steroid dienone is 1. The molecule has 78 heavy (non-hydrogen) atoms. The molecular formula is C57H84N7O13P. The lowest BCUT2D eigenvalue weighted by molar-refractivity contribution is -0.870. The molecule has 0 spiro atoms. The summed E-state index contributed by atoms with van der Waals surface area (Å²) in [6, 6.07) is 14.6. The molecule has 2 heterocycles. The third-order valence-corrected chi connectivity index (χ3v) is 14.9. The van der Waals surface area contributed by atoms with Crippen LogP contribution in [0.25, 0.3) is 11.0 Å². The van der Waals surface area contributed by atoms with Crippen LogP contribution in [0.4, 0.5) is 22.7 Å². The average molecular weight is 1110 g/mol. The van der Waals surface area contributed by atoms with Gasteiger partial charge in [0.15, 0.2) is 17.0 Å². The normalized spacial score (nSPS) is 15.0. The van der Waals surface area contributed by atoms with Gasteiger partial charge in [0, 0.05) is 62.1 Å². The molecule has 1 aromatic heterocycles. The van der Waals surface area contributed by atoms with Crippen LogP contribution < -0.4 is 29.9 Å². The number of quaternary nitrogens is 1. The Bertz CT molecular complexity index is 2600. The van der Waals surface area contributed by atoms with Gasteiger partial charge in [0.05, 0.1) is 57.3 Å². The maximum atomic E-state index is 13.1. The molecular weight excluding hydrogens is 1020 g/mol. The summed E-state index contributed by atoms with van der Waals surface area (Å²) in [5, 5.41) is 25.6. The van der Waals surface area contributed by atoms with Crippen LogP contribution in [0, 0.1) is 10.1 Å². The van der Waals surface area contributed by atoms with E-state index in [0.717, 1.165) is 131 Å². The highest BCUT2D eigenvalue weighted by molar-refractivity contribution is 7.45. The second-order valence-electron chi connectivity index (χ2n) is 21.2. The van der Waals surface area contributed by atoms with E-state index in [1.807, 2.05) is 51.5 Å². The number of phosphoric ester groups is 1.